The number of anilines is 1. The van der Waals surface area contributed by atoms with Crippen molar-refractivity contribution in [1.82, 2.24) is 0 Å². The highest BCUT2D eigenvalue weighted by molar-refractivity contribution is 6.30. The summed E-state index contributed by atoms with van der Waals surface area (Å²) in [6, 6.07) is 22.6. The summed E-state index contributed by atoms with van der Waals surface area (Å²) < 4.78 is 10.5. The quantitative estimate of drug-likeness (QED) is 0.304. The molecule has 32 heavy (non-hydrogen) atoms. The van der Waals surface area contributed by atoms with E-state index in [0.717, 1.165) is 5.56 Å². The molecule has 0 aliphatic heterocycles. The molecule has 3 rings (SSSR count). The minimum atomic E-state index is -0.642. The van der Waals surface area contributed by atoms with E-state index in [2.05, 4.69) is 5.32 Å². The summed E-state index contributed by atoms with van der Waals surface area (Å²) in [5.74, 6) is -0.646. The van der Waals surface area contributed by atoms with Gasteiger partial charge in [-0.15, -0.1) is 0 Å². The van der Waals surface area contributed by atoms with Crippen LogP contribution in [0, 0.1) is 11.3 Å². The highest BCUT2D eigenvalue weighted by Gasteiger charge is 2.16. The maximum atomic E-state index is 12.6. The maximum absolute atomic E-state index is 12.6. The number of para-hydroxylation sites is 1. The Kier molecular flexibility index (Phi) is 7.63. The molecule has 0 aliphatic carbocycles. The average molecular weight is 447 g/mol. The summed E-state index contributed by atoms with van der Waals surface area (Å²) in [6.45, 7) is 0.347. The predicted molar refractivity (Wildman–Crippen MR) is 122 cm³/mol. The Morgan fingerprint density at radius 3 is 2.53 bits per heavy atom. The Balaban J connectivity index is 1.74. The zero-order valence-corrected chi connectivity index (χ0v) is 17.9. The van der Waals surface area contributed by atoms with Gasteiger partial charge in [-0.05, 0) is 53.6 Å². The van der Waals surface area contributed by atoms with E-state index in [9.17, 15) is 14.9 Å². The van der Waals surface area contributed by atoms with Gasteiger partial charge in [-0.25, -0.2) is 4.79 Å². The van der Waals surface area contributed by atoms with Crippen LogP contribution in [0.1, 0.15) is 21.5 Å². The summed E-state index contributed by atoms with van der Waals surface area (Å²) in [6.07, 6.45) is 1.45. The predicted octanol–water partition coefficient (Wildman–Crippen LogP) is 5.25. The van der Waals surface area contributed by atoms with Crippen molar-refractivity contribution in [3.63, 3.8) is 0 Å². The lowest BCUT2D eigenvalue weighted by atomic mass is 10.1. The van der Waals surface area contributed by atoms with Crippen molar-refractivity contribution in [3.8, 4) is 11.8 Å². The maximum Gasteiger partial charge on any atom is 0.339 e. The van der Waals surface area contributed by atoms with Crippen LogP contribution in [0.2, 0.25) is 5.02 Å². The molecule has 0 saturated carbocycles. The fourth-order valence-corrected chi connectivity index (χ4v) is 2.95. The Bertz CT molecular complexity index is 1200. The fraction of sp³-hybridized carbons (Fsp3) is 0.0800. The normalized spacial score (nSPS) is 10.7. The molecule has 3 aromatic rings. The van der Waals surface area contributed by atoms with Gasteiger partial charge in [0.25, 0.3) is 5.91 Å². The molecule has 0 spiro atoms. The second-order valence-electron chi connectivity index (χ2n) is 6.65. The first-order valence-electron chi connectivity index (χ1n) is 9.58. The van der Waals surface area contributed by atoms with Crippen LogP contribution in [-0.2, 0) is 16.1 Å². The molecule has 0 fully saturated rings. The van der Waals surface area contributed by atoms with Gasteiger partial charge in [0.2, 0.25) is 0 Å². The Morgan fingerprint density at radius 1 is 1.06 bits per heavy atom. The van der Waals surface area contributed by atoms with E-state index in [1.165, 1.54) is 19.3 Å². The number of hydrogen-bond donors (Lipinski definition) is 1. The van der Waals surface area contributed by atoms with Crippen molar-refractivity contribution in [3.05, 3.63) is 100 Å². The minimum absolute atomic E-state index is 0.125. The summed E-state index contributed by atoms with van der Waals surface area (Å²) in [5, 5.41) is 12.7. The van der Waals surface area contributed by atoms with Gasteiger partial charge in [-0.2, -0.15) is 5.26 Å². The number of ether oxygens (including phenoxy) is 2. The van der Waals surface area contributed by atoms with Crippen molar-refractivity contribution < 1.29 is 19.1 Å². The highest BCUT2D eigenvalue weighted by Crippen LogP contribution is 2.20. The van der Waals surface area contributed by atoms with Crippen LogP contribution in [0.5, 0.6) is 5.75 Å². The average Bonchev–Trinajstić information content (AvgIpc) is 2.82. The molecule has 0 radical (unpaired) electrons. The van der Waals surface area contributed by atoms with E-state index in [1.54, 1.807) is 54.6 Å². The van der Waals surface area contributed by atoms with Crippen molar-refractivity contribution in [1.29, 1.82) is 5.26 Å². The first-order valence-corrected chi connectivity index (χ1v) is 9.95. The molecule has 0 heterocycles. The largest absolute Gasteiger partial charge is 0.489 e. The zero-order chi connectivity index (χ0) is 22.9. The highest BCUT2D eigenvalue weighted by atomic mass is 35.5. The van der Waals surface area contributed by atoms with Crippen LogP contribution < -0.4 is 10.1 Å². The van der Waals surface area contributed by atoms with Crippen LogP contribution in [0.4, 0.5) is 5.69 Å². The molecule has 0 unspecified atom stereocenters. The minimum Gasteiger partial charge on any atom is -0.489 e. The molecular formula is C25H19ClN2O4. The van der Waals surface area contributed by atoms with E-state index in [0.29, 0.717) is 22.9 Å². The number of nitriles is 1. The lowest BCUT2D eigenvalue weighted by Crippen LogP contribution is -2.16. The van der Waals surface area contributed by atoms with E-state index in [4.69, 9.17) is 21.1 Å². The topological polar surface area (TPSA) is 88.4 Å². The molecule has 0 aliphatic rings. The van der Waals surface area contributed by atoms with Crippen LogP contribution in [0.25, 0.3) is 6.08 Å². The zero-order valence-electron chi connectivity index (χ0n) is 17.2. The molecule has 0 saturated heterocycles. The SMILES string of the molecule is COC(=O)c1ccccc1NC(=O)/C(C#N)=C/c1cccc(OCc2ccc(Cl)cc2)c1. The molecule has 1 amide bonds. The molecule has 160 valence electrons. The van der Waals surface area contributed by atoms with Crippen LogP contribution >= 0.6 is 11.6 Å². The molecular weight excluding hydrogens is 428 g/mol. The molecule has 0 bridgehead atoms. The van der Waals surface area contributed by atoms with Crippen LogP contribution in [0.15, 0.2) is 78.4 Å². The molecule has 1 N–H and O–H groups in total. The second-order valence-corrected chi connectivity index (χ2v) is 7.09. The number of hydrogen-bond acceptors (Lipinski definition) is 5. The van der Waals surface area contributed by atoms with Crippen molar-refractivity contribution in [2.75, 3.05) is 12.4 Å². The van der Waals surface area contributed by atoms with Gasteiger partial charge in [0.1, 0.15) is 24.0 Å². The molecule has 0 aromatic heterocycles. The van der Waals surface area contributed by atoms with Gasteiger partial charge < -0.3 is 14.8 Å². The lowest BCUT2D eigenvalue weighted by molar-refractivity contribution is -0.112. The standard InChI is InChI=1S/C25H19ClN2O4/c1-31-25(30)22-7-2-3-8-23(22)28-24(29)19(15-27)13-18-5-4-6-21(14-18)32-16-17-9-11-20(26)12-10-17/h2-14H,16H2,1H3,(H,28,29)/b19-13+. The van der Waals surface area contributed by atoms with Gasteiger partial charge in [-0.1, -0.05) is 48.0 Å². The second kappa shape index (κ2) is 10.8. The fourth-order valence-electron chi connectivity index (χ4n) is 2.83. The summed E-state index contributed by atoms with van der Waals surface area (Å²) in [7, 11) is 1.25. The molecule has 3 aromatic carbocycles. The number of methoxy groups -OCH3 is 1. The number of esters is 1. The number of rotatable bonds is 7. The Hall–Kier alpha value is -4.08. The van der Waals surface area contributed by atoms with Gasteiger partial charge >= 0.3 is 5.97 Å². The third kappa shape index (κ3) is 5.97. The summed E-state index contributed by atoms with van der Waals surface area (Å²) in [5.41, 5.74) is 1.89. The number of nitrogens with one attached hydrogen (secondary N) is 1. The van der Waals surface area contributed by atoms with Gasteiger partial charge in [0, 0.05) is 5.02 Å². The summed E-state index contributed by atoms with van der Waals surface area (Å²) in [4.78, 5) is 24.5. The third-order valence-corrected chi connectivity index (χ3v) is 4.69. The molecule has 0 atom stereocenters. The van der Waals surface area contributed by atoms with Gasteiger partial charge in [-0.3, -0.25) is 4.79 Å². The molecule has 6 nitrogen and oxygen atoms in total. The number of nitrogens with zero attached hydrogens (tertiary/aromatic N) is 1. The third-order valence-electron chi connectivity index (χ3n) is 4.43. The smallest absolute Gasteiger partial charge is 0.339 e. The van der Waals surface area contributed by atoms with E-state index in [1.807, 2.05) is 18.2 Å². The van der Waals surface area contributed by atoms with Crippen LogP contribution in [-0.4, -0.2) is 19.0 Å². The summed E-state index contributed by atoms with van der Waals surface area (Å²) >= 11 is 5.89. The van der Waals surface area contributed by atoms with E-state index < -0.39 is 11.9 Å². The Labute approximate surface area is 190 Å². The first kappa shape index (κ1) is 22.6. The number of carbonyl (C=O) groups is 2. The number of carbonyl (C=O) groups excluding carboxylic acids is 2. The van der Waals surface area contributed by atoms with Gasteiger partial charge in [0.15, 0.2) is 0 Å². The van der Waals surface area contributed by atoms with E-state index >= 15 is 0 Å². The van der Waals surface area contributed by atoms with Crippen LogP contribution in [0.3, 0.4) is 0 Å². The number of amides is 1. The monoisotopic (exact) mass is 446 g/mol. The van der Waals surface area contributed by atoms with Crippen molar-refractivity contribution in [2.24, 2.45) is 0 Å². The number of benzene rings is 3. The van der Waals surface area contributed by atoms with Crippen molar-refractivity contribution in [2.45, 2.75) is 6.61 Å². The van der Waals surface area contributed by atoms with Gasteiger partial charge in [0.05, 0.1) is 18.4 Å². The van der Waals surface area contributed by atoms with Crippen molar-refractivity contribution >= 4 is 35.2 Å². The number of halogens is 1. The first-order chi connectivity index (χ1) is 15.5. The Morgan fingerprint density at radius 2 is 1.81 bits per heavy atom. The van der Waals surface area contributed by atoms with E-state index in [-0.39, 0.29) is 16.8 Å². The molecule has 7 heteroatoms. The lowest BCUT2D eigenvalue weighted by Gasteiger charge is -2.09.